The fraction of sp³-hybridized carbons (Fsp3) is 0.522. The Morgan fingerprint density at radius 1 is 0.790 bits per heavy atom. The van der Waals surface area contributed by atoms with Crippen LogP contribution in [0.5, 0.6) is 0 Å². The highest BCUT2D eigenvalue weighted by molar-refractivity contribution is 6.04. The molecule has 2 aromatic heterocycles. The molecule has 1 saturated heterocycles. The minimum atomic E-state index is -0.940. The van der Waals surface area contributed by atoms with Crippen LogP contribution >= 0.6 is 0 Å². The summed E-state index contributed by atoms with van der Waals surface area (Å²) in [4.78, 5) is 73.0. The molecule has 8 unspecified atom stereocenters. The molecule has 7 rings (SSSR count). The van der Waals surface area contributed by atoms with Crippen LogP contribution < -0.4 is 10.6 Å². The first-order valence-corrected chi connectivity index (χ1v) is 21.7. The lowest BCUT2D eigenvalue weighted by Gasteiger charge is -2.34. The molecule has 332 valence electrons. The number of hydrogen-bond acceptors (Lipinski definition) is 10. The zero-order chi connectivity index (χ0) is 44.2. The van der Waals surface area contributed by atoms with Crippen LogP contribution in [0.3, 0.4) is 0 Å². The Morgan fingerprint density at radius 2 is 1.39 bits per heavy atom. The first-order valence-electron chi connectivity index (χ1n) is 21.7. The maximum absolute atomic E-state index is 14.2. The third kappa shape index (κ3) is 8.67. The molecule has 1 aliphatic heterocycles. The van der Waals surface area contributed by atoms with E-state index in [0.717, 1.165) is 95.5 Å². The van der Waals surface area contributed by atoms with Crippen LogP contribution in [-0.4, -0.2) is 119 Å². The Bertz CT molecular complexity index is 2260. The molecular formula is C46H60N8O8. The molecule has 8 atom stereocenters. The maximum Gasteiger partial charge on any atom is 0.407 e. The topological polar surface area (TPSA) is 193 Å². The van der Waals surface area contributed by atoms with Crippen molar-refractivity contribution in [1.82, 2.24) is 40.4 Å². The van der Waals surface area contributed by atoms with Gasteiger partial charge in [0.05, 0.1) is 62.3 Å². The summed E-state index contributed by atoms with van der Waals surface area (Å²) in [5, 5.41) is 5.37. The number of rotatable bonds is 17. The summed E-state index contributed by atoms with van der Waals surface area (Å²) in [6, 6.07) is 10.3. The zero-order valence-electron chi connectivity index (χ0n) is 36.9. The van der Waals surface area contributed by atoms with E-state index in [0.29, 0.717) is 18.3 Å². The van der Waals surface area contributed by atoms with Crippen molar-refractivity contribution >= 4 is 24.0 Å². The van der Waals surface area contributed by atoms with Crippen molar-refractivity contribution in [2.45, 2.75) is 115 Å². The van der Waals surface area contributed by atoms with Crippen LogP contribution in [0.4, 0.5) is 9.59 Å². The number of aromatic amines is 2. The van der Waals surface area contributed by atoms with Crippen LogP contribution in [0.2, 0.25) is 0 Å². The van der Waals surface area contributed by atoms with Gasteiger partial charge in [-0.2, -0.15) is 0 Å². The fourth-order valence-corrected chi connectivity index (χ4v) is 9.39. The molecule has 3 aliphatic rings. The molecule has 62 heavy (non-hydrogen) atoms. The quantitative estimate of drug-likeness (QED) is 0.0698. The van der Waals surface area contributed by atoms with Crippen molar-refractivity contribution in [3.63, 3.8) is 0 Å². The molecule has 2 fully saturated rings. The Kier molecular flexibility index (Phi) is 13.7. The lowest BCUT2D eigenvalue weighted by Crippen LogP contribution is -2.55. The van der Waals surface area contributed by atoms with E-state index in [-0.39, 0.29) is 23.9 Å². The van der Waals surface area contributed by atoms with Gasteiger partial charge in [0, 0.05) is 37.9 Å². The van der Waals surface area contributed by atoms with Gasteiger partial charge in [0.25, 0.3) is 0 Å². The molecule has 1 saturated carbocycles. The van der Waals surface area contributed by atoms with Crippen LogP contribution in [0.25, 0.3) is 44.8 Å². The molecule has 16 heteroatoms. The number of H-pyrrole nitrogens is 2. The predicted octanol–water partition coefficient (Wildman–Crippen LogP) is 7.16. The van der Waals surface area contributed by atoms with Gasteiger partial charge in [-0.15, -0.1) is 0 Å². The first kappa shape index (κ1) is 44.3. The van der Waals surface area contributed by atoms with E-state index < -0.39 is 42.5 Å². The zero-order valence-corrected chi connectivity index (χ0v) is 36.9. The number of aromatic nitrogens is 4. The van der Waals surface area contributed by atoms with Crippen molar-refractivity contribution < 1.29 is 38.1 Å². The van der Waals surface area contributed by atoms with Gasteiger partial charge in [-0.05, 0) is 86.8 Å². The Morgan fingerprint density at radius 3 is 2.00 bits per heavy atom. The number of methoxy groups -OCH3 is 4. The number of benzene rings is 2. The molecule has 4 N–H and O–H groups in total. The van der Waals surface area contributed by atoms with E-state index >= 15 is 0 Å². The van der Waals surface area contributed by atoms with Crippen LogP contribution in [0.15, 0.2) is 48.8 Å². The SMILES string of the molecule is CCCCCN(C(=O)C(NC(=O)OC)C(C)OC)C(C)c1ncc(-c2ccc3c(c2)-c2ccc(-c4cnc(C5CC6CCCC6N5C(=O)C(NC(=O)OC)C(C)OC)[nH]4)cc2-3)[nH]1. The summed E-state index contributed by atoms with van der Waals surface area (Å²) in [6.45, 7) is 8.04. The van der Waals surface area contributed by atoms with Gasteiger partial charge in [0.1, 0.15) is 23.7 Å². The van der Waals surface area contributed by atoms with E-state index in [9.17, 15) is 19.2 Å². The molecule has 4 amide bonds. The third-order valence-corrected chi connectivity index (χ3v) is 13.1. The van der Waals surface area contributed by atoms with Crippen molar-refractivity contribution in [3.8, 4) is 44.8 Å². The molecule has 0 bridgehead atoms. The van der Waals surface area contributed by atoms with Gasteiger partial charge in [-0.1, -0.05) is 50.5 Å². The number of likely N-dealkylation sites (tertiary alicyclic amines) is 1. The van der Waals surface area contributed by atoms with Crippen LogP contribution in [-0.2, 0) is 28.5 Å². The lowest BCUT2D eigenvalue weighted by molar-refractivity contribution is -0.140. The molecule has 4 aromatic rings. The van der Waals surface area contributed by atoms with Crippen molar-refractivity contribution in [2.75, 3.05) is 35.0 Å². The van der Waals surface area contributed by atoms with Gasteiger partial charge in [-0.25, -0.2) is 19.6 Å². The predicted molar refractivity (Wildman–Crippen MR) is 233 cm³/mol. The second-order valence-electron chi connectivity index (χ2n) is 16.7. The highest BCUT2D eigenvalue weighted by atomic mass is 16.5. The molecule has 16 nitrogen and oxygen atoms in total. The second kappa shape index (κ2) is 19.1. The van der Waals surface area contributed by atoms with Gasteiger partial charge in [0.2, 0.25) is 11.8 Å². The number of fused-ring (bicyclic) bond motifs is 5. The number of nitrogens with one attached hydrogen (secondary N) is 4. The number of carbonyl (C=O) groups is 4. The Balaban J connectivity index is 1.08. The molecule has 0 spiro atoms. The van der Waals surface area contributed by atoms with Crippen molar-refractivity contribution in [3.05, 3.63) is 60.4 Å². The summed E-state index contributed by atoms with van der Waals surface area (Å²) in [7, 11) is 5.57. The highest BCUT2D eigenvalue weighted by Gasteiger charge is 2.50. The standard InChI is InChI=1S/C46H60N8O8/c1-9-10-11-19-53(43(55)39(26(3)59-5)51-45(57)61-7)25(2)41-47-23-35(49-41)28-15-17-31-33(20-28)32-18-16-29(21-34(31)32)36-24-48-42(50-36)38-22-30-13-12-14-37(30)54(38)44(56)40(27(4)60-6)52-46(58)62-8/h15-18,20-21,23-27,30,37-40H,9-14,19,22H2,1-8H3,(H,47,49)(H,48,50)(H,51,57)(H,52,58). The number of imidazole rings is 2. The van der Waals surface area contributed by atoms with E-state index in [1.54, 1.807) is 24.9 Å². The van der Waals surface area contributed by atoms with Gasteiger partial charge in [0.15, 0.2) is 0 Å². The largest absolute Gasteiger partial charge is 0.453 e. The van der Waals surface area contributed by atoms with E-state index in [1.165, 1.54) is 28.4 Å². The Hall–Kier alpha value is -5.74. The number of nitrogens with zero attached hydrogens (tertiary/aromatic N) is 4. The van der Waals surface area contributed by atoms with Crippen LogP contribution in [0.1, 0.15) is 96.4 Å². The average molecular weight is 853 g/mol. The molecular weight excluding hydrogens is 793 g/mol. The van der Waals surface area contributed by atoms with Gasteiger partial charge >= 0.3 is 12.2 Å². The summed E-state index contributed by atoms with van der Waals surface area (Å²) < 4.78 is 20.7. The van der Waals surface area contributed by atoms with Gasteiger partial charge < -0.3 is 49.3 Å². The summed E-state index contributed by atoms with van der Waals surface area (Å²) in [5.74, 6) is 1.24. The molecule has 3 heterocycles. The van der Waals surface area contributed by atoms with Crippen molar-refractivity contribution in [2.24, 2.45) is 5.92 Å². The second-order valence-corrected chi connectivity index (χ2v) is 16.7. The maximum atomic E-state index is 14.2. The molecule has 2 aromatic carbocycles. The smallest absolute Gasteiger partial charge is 0.407 e. The average Bonchev–Trinajstić information content (AvgIpc) is 4.12. The number of alkyl carbamates (subject to hydrolysis) is 2. The monoisotopic (exact) mass is 852 g/mol. The minimum Gasteiger partial charge on any atom is -0.453 e. The number of ether oxygens (including phenoxy) is 4. The normalized spacial score (nSPS) is 19.8. The third-order valence-electron chi connectivity index (χ3n) is 13.1. The van der Waals surface area contributed by atoms with Crippen molar-refractivity contribution in [1.29, 1.82) is 0 Å². The van der Waals surface area contributed by atoms with Gasteiger partial charge in [-0.3, -0.25) is 9.59 Å². The summed E-state index contributed by atoms with van der Waals surface area (Å²) >= 11 is 0. The highest BCUT2D eigenvalue weighted by Crippen LogP contribution is 2.50. The lowest BCUT2D eigenvalue weighted by atomic mass is 9.78. The number of carbonyl (C=O) groups excluding carboxylic acids is 4. The summed E-state index contributed by atoms with van der Waals surface area (Å²) in [5.41, 5.74) is 8.18. The first-order chi connectivity index (χ1) is 29.9. The molecule has 2 aliphatic carbocycles. The van der Waals surface area contributed by atoms with Crippen LogP contribution in [0, 0.1) is 5.92 Å². The van der Waals surface area contributed by atoms with E-state index in [2.05, 4.69) is 63.9 Å². The minimum absolute atomic E-state index is 0.0655. The fourth-order valence-electron chi connectivity index (χ4n) is 9.39. The van der Waals surface area contributed by atoms with E-state index in [4.69, 9.17) is 28.9 Å². The number of hydrogen-bond donors (Lipinski definition) is 4. The number of unbranched alkanes of at least 4 members (excludes halogenated alkanes) is 2. The molecule has 0 radical (unpaired) electrons. The summed E-state index contributed by atoms with van der Waals surface area (Å²) in [6.07, 6.45) is 7.64. The van der Waals surface area contributed by atoms with E-state index in [1.807, 2.05) is 18.0 Å². The Labute approximate surface area is 362 Å². The number of amides is 4.